The Kier molecular flexibility index (Phi) is 15.9. The number of carbonyl (C=O) groups is 5. The van der Waals surface area contributed by atoms with E-state index in [9.17, 15) is 24.0 Å². The van der Waals surface area contributed by atoms with Crippen molar-refractivity contribution in [3.05, 3.63) is 101 Å². The van der Waals surface area contributed by atoms with Crippen molar-refractivity contribution in [2.75, 3.05) is 32.9 Å². The minimum Gasteiger partial charge on any atom is -0.483 e. The summed E-state index contributed by atoms with van der Waals surface area (Å²) in [6, 6.07) is 22.0. The molecular weight excluding hydrogens is 692 g/mol. The standard InChI is InChI=1S/C41H52N4O9/c1-27(2)38(45-20-12-19-42-41(45)51)40(50)43-32(21-30-15-7-5-8-16-30)23-34(54-37(49)26-52-25-36(47)48)33(22-31-17-9-6-10-18-31)44-35(46)24-53-39-28(3)13-11-14-29(39)4/h5-11,13-18,27,32-34,38H,12,19-26H2,1-4H3,(H,42,51)(H,43,50)(H,44,46)(H,47,48)/t32?,33?,34-,38-/m0/s1. The van der Waals surface area contributed by atoms with E-state index >= 15 is 0 Å². The first-order chi connectivity index (χ1) is 25.9. The van der Waals surface area contributed by atoms with E-state index in [2.05, 4.69) is 16.0 Å². The number of nitrogens with zero attached hydrogens (tertiary/aromatic N) is 1. The molecule has 2 unspecified atom stereocenters. The molecule has 1 aliphatic heterocycles. The van der Waals surface area contributed by atoms with Gasteiger partial charge in [-0.25, -0.2) is 14.4 Å². The molecule has 0 saturated carbocycles. The molecule has 1 fully saturated rings. The van der Waals surface area contributed by atoms with E-state index in [0.717, 1.165) is 22.3 Å². The number of hydrogen-bond donors (Lipinski definition) is 4. The molecule has 4 N–H and O–H groups in total. The lowest BCUT2D eigenvalue weighted by Crippen LogP contribution is -2.59. The van der Waals surface area contributed by atoms with E-state index in [1.807, 2.05) is 107 Å². The van der Waals surface area contributed by atoms with Crippen LogP contribution in [0.5, 0.6) is 5.75 Å². The Morgan fingerprint density at radius 3 is 2.06 bits per heavy atom. The number of carboxylic acid groups (broad SMARTS) is 1. The number of para-hydroxylation sites is 1. The van der Waals surface area contributed by atoms with Gasteiger partial charge in [0.25, 0.3) is 5.91 Å². The van der Waals surface area contributed by atoms with Crippen molar-refractivity contribution in [3.8, 4) is 5.75 Å². The summed E-state index contributed by atoms with van der Waals surface area (Å²) < 4.78 is 17.0. The highest BCUT2D eigenvalue weighted by Gasteiger charge is 2.36. The van der Waals surface area contributed by atoms with Crippen LogP contribution in [0.2, 0.25) is 0 Å². The van der Waals surface area contributed by atoms with E-state index in [4.69, 9.17) is 19.3 Å². The average Bonchev–Trinajstić information content (AvgIpc) is 3.12. The Hall–Kier alpha value is -5.43. The fraction of sp³-hybridized carbons (Fsp3) is 0.439. The molecule has 4 amide bonds. The highest BCUT2D eigenvalue weighted by atomic mass is 16.6. The molecule has 1 saturated heterocycles. The van der Waals surface area contributed by atoms with Crippen molar-refractivity contribution in [1.82, 2.24) is 20.9 Å². The smallest absolute Gasteiger partial charge is 0.332 e. The summed E-state index contributed by atoms with van der Waals surface area (Å²) in [5.41, 5.74) is 3.50. The van der Waals surface area contributed by atoms with Crippen molar-refractivity contribution in [3.63, 3.8) is 0 Å². The molecule has 13 nitrogen and oxygen atoms in total. The maximum atomic E-state index is 14.2. The minimum absolute atomic E-state index is 0.0534. The van der Waals surface area contributed by atoms with E-state index in [-0.39, 0.29) is 37.3 Å². The molecule has 1 heterocycles. The summed E-state index contributed by atoms with van der Waals surface area (Å²) in [5.74, 6) is -2.52. The number of benzene rings is 3. The van der Waals surface area contributed by atoms with Crippen molar-refractivity contribution < 1.29 is 43.3 Å². The number of urea groups is 1. The van der Waals surface area contributed by atoms with Crippen LogP contribution in [0.25, 0.3) is 0 Å². The number of amides is 4. The number of ether oxygens (including phenoxy) is 3. The Balaban J connectivity index is 1.67. The molecule has 0 spiro atoms. The highest BCUT2D eigenvalue weighted by Crippen LogP contribution is 2.23. The molecule has 0 aromatic heterocycles. The molecule has 4 rings (SSSR count). The SMILES string of the molecule is Cc1cccc(C)c1OCC(=O)NC(Cc1ccccc1)[C@H](CC(Cc1ccccc1)NC(=O)[C@H](C(C)C)N1CCCNC1=O)OC(=O)COCC(=O)O. The number of nitrogens with one attached hydrogen (secondary N) is 3. The number of hydrogen-bond acceptors (Lipinski definition) is 8. The van der Waals surface area contributed by atoms with Crippen LogP contribution in [-0.4, -0.2) is 96.9 Å². The van der Waals surface area contributed by atoms with Crippen LogP contribution < -0.4 is 20.7 Å². The van der Waals surface area contributed by atoms with Gasteiger partial charge < -0.3 is 40.2 Å². The van der Waals surface area contributed by atoms with E-state index in [0.29, 0.717) is 31.7 Å². The maximum Gasteiger partial charge on any atom is 0.332 e. The summed E-state index contributed by atoms with van der Waals surface area (Å²) in [5, 5.41) is 18.1. The number of carbonyl (C=O) groups excluding carboxylic acids is 4. The van der Waals surface area contributed by atoms with Crippen LogP contribution in [0.4, 0.5) is 4.79 Å². The van der Waals surface area contributed by atoms with Gasteiger partial charge in [-0.15, -0.1) is 0 Å². The van der Waals surface area contributed by atoms with Gasteiger partial charge in [0.1, 0.15) is 31.1 Å². The second-order valence-electron chi connectivity index (χ2n) is 13.9. The maximum absolute atomic E-state index is 14.2. The summed E-state index contributed by atoms with van der Waals surface area (Å²) in [6.07, 6.45) is 0.316. The molecule has 54 heavy (non-hydrogen) atoms. The normalized spacial score (nSPS) is 15.0. The Morgan fingerprint density at radius 1 is 0.833 bits per heavy atom. The molecular formula is C41H52N4O9. The lowest BCUT2D eigenvalue weighted by Gasteiger charge is -2.37. The van der Waals surface area contributed by atoms with Gasteiger partial charge in [0.15, 0.2) is 6.61 Å². The zero-order valence-electron chi connectivity index (χ0n) is 31.4. The Labute approximate surface area is 316 Å². The minimum atomic E-state index is -1.25. The van der Waals surface area contributed by atoms with Gasteiger partial charge in [-0.3, -0.25) is 9.59 Å². The molecule has 4 atom stereocenters. The quantitative estimate of drug-likeness (QED) is 0.125. The summed E-state index contributed by atoms with van der Waals surface area (Å²) in [4.78, 5) is 66.5. The van der Waals surface area contributed by atoms with Crippen molar-refractivity contribution in [2.45, 2.75) is 77.6 Å². The number of aryl methyl sites for hydroxylation is 2. The lowest BCUT2D eigenvalue weighted by atomic mass is 9.92. The Bertz CT molecular complexity index is 1680. The number of rotatable bonds is 20. The van der Waals surface area contributed by atoms with E-state index < -0.39 is 55.3 Å². The first-order valence-electron chi connectivity index (χ1n) is 18.3. The average molecular weight is 745 g/mol. The van der Waals surface area contributed by atoms with Crippen LogP contribution in [0.15, 0.2) is 78.9 Å². The second kappa shape index (κ2) is 20.7. The largest absolute Gasteiger partial charge is 0.483 e. The van der Waals surface area contributed by atoms with Crippen LogP contribution in [0.3, 0.4) is 0 Å². The number of carboxylic acids is 1. The molecule has 3 aromatic rings. The molecule has 1 aliphatic rings. The highest BCUT2D eigenvalue weighted by molar-refractivity contribution is 5.88. The topological polar surface area (TPSA) is 173 Å². The zero-order valence-corrected chi connectivity index (χ0v) is 31.4. The Morgan fingerprint density at radius 2 is 1.46 bits per heavy atom. The monoisotopic (exact) mass is 744 g/mol. The molecule has 0 bridgehead atoms. The third-order valence-corrected chi connectivity index (χ3v) is 9.12. The molecule has 13 heteroatoms. The third-order valence-electron chi connectivity index (χ3n) is 9.12. The van der Waals surface area contributed by atoms with Crippen molar-refractivity contribution >= 4 is 29.8 Å². The predicted octanol–water partition coefficient (Wildman–Crippen LogP) is 3.98. The van der Waals surface area contributed by atoms with Gasteiger partial charge >= 0.3 is 18.0 Å². The third kappa shape index (κ3) is 12.9. The van der Waals surface area contributed by atoms with E-state index in [1.165, 1.54) is 0 Å². The fourth-order valence-corrected chi connectivity index (χ4v) is 6.65. The van der Waals surface area contributed by atoms with Crippen LogP contribution in [0.1, 0.15) is 48.9 Å². The van der Waals surface area contributed by atoms with E-state index in [1.54, 1.807) is 4.90 Å². The first-order valence-corrected chi connectivity index (χ1v) is 18.3. The van der Waals surface area contributed by atoms with Crippen LogP contribution >= 0.6 is 0 Å². The number of esters is 1. The van der Waals surface area contributed by atoms with Gasteiger partial charge in [0.2, 0.25) is 5.91 Å². The van der Waals surface area contributed by atoms with Gasteiger partial charge in [0.05, 0.1) is 6.04 Å². The van der Waals surface area contributed by atoms with Gasteiger partial charge in [0, 0.05) is 25.6 Å². The van der Waals surface area contributed by atoms with Gasteiger partial charge in [-0.1, -0.05) is 92.7 Å². The first kappa shape index (κ1) is 41.3. The molecule has 3 aromatic carbocycles. The molecule has 0 radical (unpaired) electrons. The molecule has 0 aliphatic carbocycles. The summed E-state index contributed by atoms with van der Waals surface area (Å²) in [7, 11) is 0. The fourth-order valence-electron chi connectivity index (χ4n) is 6.65. The number of aliphatic carboxylic acids is 1. The van der Waals surface area contributed by atoms with Crippen molar-refractivity contribution in [1.29, 1.82) is 0 Å². The predicted molar refractivity (Wildman–Crippen MR) is 202 cm³/mol. The van der Waals surface area contributed by atoms with Crippen molar-refractivity contribution in [2.24, 2.45) is 5.92 Å². The van der Waals surface area contributed by atoms with Gasteiger partial charge in [-0.05, 0) is 61.3 Å². The van der Waals surface area contributed by atoms with Crippen LogP contribution in [0, 0.1) is 19.8 Å². The van der Waals surface area contributed by atoms with Crippen LogP contribution in [-0.2, 0) is 41.5 Å². The lowest BCUT2D eigenvalue weighted by molar-refractivity contribution is -0.159. The second-order valence-corrected chi connectivity index (χ2v) is 13.9. The zero-order chi connectivity index (χ0) is 39.0. The summed E-state index contributed by atoms with van der Waals surface area (Å²) in [6.45, 7) is 6.86. The summed E-state index contributed by atoms with van der Waals surface area (Å²) >= 11 is 0. The van der Waals surface area contributed by atoms with Gasteiger partial charge in [-0.2, -0.15) is 0 Å². The molecule has 290 valence electrons.